The van der Waals surface area contributed by atoms with Gasteiger partial charge in [0.15, 0.2) is 0 Å². The number of aliphatic hydroxyl groups is 2. The van der Waals surface area contributed by atoms with Crippen LogP contribution in [-0.2, 0) is 56.8 Å². The SMILES string of the molecule is CC1CN1C[C@H]1O[C@@H](n2[c-]c([C-]=N[CH]=[W])cc2)[C@@H](O)C1O.[Y]. The Hall–Kier alpha value is 0.452. The molecule has 0 saturated carbocycles. The molecular formula is C14H17N3O3WY-2. The standard InChI is InChI=1S/C14H17N3O3.W.Y/c1-9-6-17(9)8-11-12(18)13(19)14(20-11)16-4-3-10(7-16)5-15-2;;/h2-4,9,11-14,18-19H,6,8H2,1H3;;/q-2;;/t9?,11-,12?,13+,14-,17?;;/m1../s1. The summed E-state index contributed by atoms with van der Waals surface area (Å²) >= 11 is 1.25. The van der Waals surface area contributed by atoms with Crippen molar-refractivity contribution in [1.82, 2.24) is 9.47 Å². The molecule has 1 aromatic heterocycles. The summed E-state index contributed by atoms with van der Waals surface area (Å²) < 4.78 is 9.18. The minimum atomic E-state index is -0.958. The third-order valence-electron chi connectivity index (χ3n) is 3.90. The largest absolute Gasteiger partial charge is 0 e. The molecule has 0 spiro atoms. The summed E-state index contributed by atoms with van der Waals surface area (Å²) in [6, 6.07) is 2.34. The molecule has 2 saturated heterocycles. The van der Waals surface area contributed by atoms with Gasteiger partial charge < -0.3 is 0 Å². The predicted octanol–water partition coefficient (Wildman–Crippen LogP) is -0.789. The van der Waals surface area contributed by atoms with Crippen LogP contribution in [0.15, 0.2) is 17.3 Å². The Morgan fingerprint density at radius 3 is 2.91 bits per heavy atom. The average Bonchev–Trinajstić information content (AvgIpc) is 2.87. The molecule has 2 aliphatic rings. The van der Waals surface area contributed by atoms with Gasteiger partial charge in [0.2, 0.25) is 0 Å². The number of hydrogen-bond donors (Lipinski definition) is 2. The fourth-order valence-corrected chi connectivity index (χ4v) is 2.75. The first-order chi connectivity index (χ1) is 10.1. The maximum Gasteiger partial charge on any atom is 0 e. The monoisotopic (exact) mass is 548 g/mol. The zero-order chi connectivity index (χ0) is 15.0. The van der Waals surface area contributed by atoms with Crippen LogP contribution in [0.5, 0.6) is 0 Å². The first kappa shape index (κ1) is 18.8. The first-order valence-electron chi connectivity index (χ1n) is 6.85. The predicted molar refractivity (Wildman–Crippen MR) is 72.8 cm³/mol. The molecule has 2 fully saturated rings. The molecule has 0 bridgehead atoms. The van der Waals surface area contributed by atoms with E-state index in [-0.39, 0.29) is 38.8 Å². The van der Waals surface area contributed by atoms with Crippen LogP contribution in [0, 0.1) is 6.20 Å². The molecule has 3 unspecified atom stereocenters. The van der Waals surface area contributed by atoms with Crippen molar-refractivity contribution in [3.05, 3.63) is 24.0 Å². The maximum absolute atomic E-state index is 10.2. The molecule has 22 heavy (non-hydrogen) atoms. The molecule has 0 amide bonds. The van der Waals surface area contributed by atoms with Gasteiger partial charge in [0, 0.05) is 32.7 Å². The molecule has 6 atom stereocenters. The number of rotatable bonds is 5. The average molecular weight is 548 g/mol. The molecule has 3 rings (SSSR count). The summed E-state index contributed by atoms with van der Waals surface area (Å²) in [5.41, 5.74) is 0.695. The van der Waals surface area contributed by atoms with Crippen molar-refractivity contribution >= 4 is 10.7 Å². The molecule has 0 aromatic carbocycles. The summed E-state index contributed by atoms with van der Waals surface area (Å²) in [6.07, 6.45) is 4.78. The van der Waals surface area contributed by atoms with Crippen molar-refractivity contribution in [2.24, 2.45) is 4.99 Å². The van der Waals surface area contributed by atoms with Crippen molar-refractivity contribution < 1.29 is 67.0 Å². The van der Waals surface area contributed by atoms with Crippen LogP contribution in [0.3, 0.4) is 0 Å². The van der Waals surface area contributed by atoms with E-state index >= 15 is 0 Å². The second-order valence-corrected chi connectivity index (χ2v) is 6.20. The molecule has 6 nitrogen and oxygen atoms in total. The van der Waals surface area contributed by atoms with Gasteiger partial charge in [-0.25, -0.2) is 0 Å². The quantitative estimate of drug-likeness (QED) is 0.288. The van der Waals surface area contributed by atoms with Crippen LogP contribution in [0.1, 0.15) is 18.7 Å². The smallest absolute Gasteiger partial charge is 0 e. The molecule has 1 aromatic rings. The topological polar surface area (TPSA) is 70.0 Å². The van der Waals surface area contributed by atoms with Crippen molar-refractivity contribution in [3.63, 3.8) is 0 Å². The van der Waals surface area contributed by atoms with Crippen molar-refractivity contribution in [1.29, 1.82) is 0 Å². The number of nitrogens with zero attached hydrogens (tertiary/aromatic N) is 3. The van der Waals surface area contributed by atoms with Gasteiger partial charge in [0.25, 0.3) is 0 Å². The molecule has 1 radical (unpaired) electrons. The van der Waals surface area contributed by atoms with Crippen molar-refractivity contribution in [3.8, 4) is 0 Å². The Labute approximate surface area is 165 Å². The summed E-state index contributed by atoms with van der Waals surface area (Å²) in [4.78, 5) is 6.15. The molecule has 0 aliphatic carbocycles. The fraction of sp³-hybridized carbons (Fsp3) is 0.571. The van der Waals surface area contributed by atoms with Crippen LogP contribution in [-0.4, -0.2) is 67.9 Å². The van der Waals surface area contributed by atoms with Crippen LogP contribution < -0.4 is 0 Å². The number of hydrogen-bond acceptors (Lipinski definition) is 5. The van der Waals surface area contributed by atoms with E-state index < -0.39 is 18.4 Å². The van der Waals surface area contributed by atoms with E-state index in [2.05, 4.69) is 29.2 Å². The van der Waals surface area contributed by atoms with E-state index in [1.54, 1.807) is 21.4 Å². The van der Waals surface area contributed by atoms with E-state index in [9.17, 15) is 10.2 Å². The van der Waals surface area contributed by atoms with Gasteiger partial charge in [-0.1, -0.05) is 0 Å². The Morgan fingerprint density at radius 1 is 1.55 bits per heavy atom. The molecule has 2 aliphatic heterocycles. The van der Waals surface area contributed by atoms with E-state index in [4.69, 9.17) is 4.74 Å². The number of ether oxygens (including phenoxy) is 1. The maximum atomic E-state index is 10.2. The van der Waals surface area contributed by atoms with Gasteiger partial charge in [-0.05, 0) is 6.92 Å². The van der Waals surface area contributed by atoms with E-state index in [1.165, 1.54) is 19.4 Å². The van der Waals surface area contributed by atoms with Gasteiger partial charge in [-0.3, -0.25) is 0 Å². The van der Waals surface area contributed by atoms with Gasteiger partial charge in [-0.15, -0.1) is 0 Å². The van der Waals surface area contributed by atoms with Crippen LogP contribution in [0.2, 0.25) is 0 Å². The van der Waals surface area contributed by atoms with Gasteiger partial charge in [0.1, 0.15) is 0 Å². The van der Waals surface area contributed by atoms with E-state index in [1.807, 2.05) is 0 Å². The number of aliphatic imine (C=N–C) groups is 1. The van der Waals surface area contributed by atoms with Crippen LogP contribution >= 0.6 is 0 Å². The van der Waals surface area contributed by atoms with Crippen molar-refractivity contribution in [2.45, 2.75) is 37.5 Å². The zero-order valence-electron chi connectivity index (χ0n) is 12.2. The number of aliphatic hydroxyl groups excluding tert-OH is 2. The van der Waals surface area contributed by atoms with E-state index in [0.29, 0.717) is 18.2 Å². The van der Waals surface area contributed by atoms with Gasteiger partial charge >= 0.3 is 127 Å². The number of aromatic nitrogens is 1. The molecular weight excluding hydrogens is 531 g/mol. The summed E-state index contributed by atoms with van der Waals surface area (Å²) in [6.45, 7) is 3.79. The Morgan fingerprint density at radius 2 is 2.27 bits per heavy atom. The summed E-state index contributed by atoms with van der Waals surface area (Å²) in [5.74, 6) is 0. The minimum absolute atomic E-state index is 0. The molecule has 8 heteroatoms. The Bertz CT molecular complexity index is 553. The van der Waals surface area contributed by atoms with E-state index in [0.717, 1.165) is 6.54 Å². The van der Waals surface area contributed by atoms with Crippen LogP contribution in [0.25, 0.3) is 0 Å². The third-order valence-corrected chi connectivity index (χ3v) is 4.28. The second kappa shape index (κ2) is 8.02. The minimum Gasteiger partial charge on any atom is 0 e. The first-order valence-corrected chi connectivity index (χ1v) is 8.55. The van der Waals surface area contributed by atoms with Gasteiger partial charge in [-0.2, -0.15) is 0 Å². The van der Waals surface area contributed by atoms with Crippen molar-refractivity contribution in [2.75, 3.05) is 13.1 Å². The summed E-state index contributed by atoms with van der Waals surface area (Å²) in [7, 11) is 0. The zero-order valence-corrected chi connectivity index (χ0v) is 17.9. The summed E-state index contributed by atoms with van der Waals surface area (Å²) in [5, 5.41) is 20.3. The van der Waals surface area contributed by atoms with Crippen LogP contribution in [0.4, 0.5) is 0 Å². The molecule has 117 valence electrons. The van der Waals surface area contributed by atoms with Gasteiger partial charge in [0.05, 0.1) is 0 Å². The second-order valence-electron chi connectivity index (χ2n) is 5.44. The molecule has 3 heterocycles. The Kier molecular flexibility index (Phi) is 6.85. The third kappa shape index (κ3) is 4.10. The fourth-order valence-electron chi connectivity index (χ4n) is 2.56. The molecule has 2 N–H and O–H groups in total. The Balaban J connectivity index is 0.00000176. The normalized spacial score (nSPS) is 37.2.